The lowest BCUT2D eigenvalue weighted by atomic mass is 10.2. The highest BCUT2D eigenvalue weighted by molar-refractivity contribution is 7.80. The lowest BCUT2D eigenvalue weighted by Gasteiger charge is -2.11. The summed E-state index contributed by atoms with van der Waals surface area (Å²) >= 11 is 5.13. The molecule has 0 saturated carbocycles. The Hall–Kier alpha value is -4.11. The van der Waals surface area contributed by atoms with E-state index >= 15 is 0 Å². The van der Waals surface area contributed by atoms with E-state index in [0.717, 1.165) is 0 Å². The zero-order valence-corrected chi connectivity index (χ0v) is 16.3. The second-order valence-electron chi connectivity index (χ2n) is 6.11. The highest BCUT2D eigenvalue weighted by Crippen LogP contribution is 2.15. The molecular weight excluding hydrogens is 404 g/mol. The van der Waals surface area contributed by atoms with Gasteiger partial charge >= 0.3 is 0 Å². The average Bonchev–Trinajstić information content (AvgIpc) is 2.75. The fraction of sp³-hybridized carbons (Fsp3) is 0. The van der Waals surface area contributed by atoms with Crippen LogP contribution in [0.4, 0.5) is 17.1 Å². The first-order valence-corrected chi connectivity index (χ1v) is 9.16. The van der Waals surface area contributed by atoms with Gasteiger partial charge < -0.3 is 10.6 Å². The van der Waals surface area contributed by atoms with Crippen LogP contribution in [0.5, 0.6) is 0 Å². The molecule has 0 unspecified atom stereocenters. The molecular formula is C21H16N4O4S. The molecule has 150 valence electrons. The van der Waals surface area contributed by atoms with Crippen LogP contribution in [0.15, 0.2) is 78.9 Å². The quantitative estimate of drug-likeness (QED) is 0.327. The SMILES string of the molecule is O=C(NC(=S)Nc1ccc(NC(=O)c2ccccc2)cc1)c1ccc([N+](=O)[O-])cc1. The molecule has 0 heterocycles. The number of anilines is 2. The average molecular weight is 420 g/mol. The first-order chi connectivity index (χ1) is 14.4. The Morgan fingerprint density at radius 1 is 0.733 bits per heavy atom. The zero-order chi connectivity index (χ0) is 21.5. The summed E-state index contributed by atoms with van der Waals surface area (Å²) in [5.74, 6) is -0.712. The standard InChI is InChI=1S/C21H16N4O4S/c26-19(14-4-2-1-3-5-14)22-16-8-10-17(11-9-16)23-21(30)24-20(27)15-6-12-18(13-7-15)25(28)29/h1-13H,(H,22,26)(H2,23,24,27,30). The summed E-state index contributed by atoms with van der Waals surface area (Å²) in [5.41, 5.74) is 1.90. The van der Waals surface area contributed by atoms with Crippen LogP contribution in [-0.4, -0.2) is 21.9 Å². The first kappa shape index (κ1) is 20.6. The van der Waals surface area contributed by atoms with Gasteiger partial charge in [-0.3, -0.25) is 25.0 Å². The molecule has 9 heteroatoms. The van der Waals surface area contributed by atoms with Crippen LogP contribution < -0.4 is 16.0 Å². The Labute approximate surface area is 177 Å². The number of nitro benzene ring substituents is 1. The molecule has 3 rings (SSSR count). The van der Waals surface area contributed by atoms with Crippen LogP contribution in [0.1, 0.15) is 20.7 Å². The number of carbonyl (C=O) groups is 2. The number of non-ortho nitro benzene ring substituents is 1. The van der Waals surface area contributed by atoms with Crippen molar-refractivity contribution in [1.82, 2.24) is 5.32 Å². The number of nitro groups is 1. The van der Waals surface area contributed by atoms with Crippen molar-refractivity contribution < 1.29 is 14.5 Å². The number of nitrogens with one attached hydrogen (secondary N) is 3. The topological polar surface area (TPSA) is 113 Å². The molecule has 0 atom stereocenters. The highest BCUT2D eigenvalue weighted by atomic mass is 32.1. The molecule has 0 aromatic heterocycles. The van der Waals surface area contributed by atoms with Crippen LogP contribution in [0.2, 0.25) is 0 Å². The van der Waals surface area contributed by atoms with E-state index in [4.69, 9.17) is 12.2 Å². The van der Waals surface area contributed by atoms with Gasteiger partial charge in [0.05, 0.1) is 4.92 Å². The number of hydrogen-bond acceptors (Lipinski definition) is 5. The monoisotopic (exact) mass is 420 g/mol. The van der Waals surface area contributed by atoms with Crippen LogP contribution in [0, 0.1) is 10.1 Å². The van der Waals surface area contributed by atoms with Crippen molar-refractivity contribution in [2.24, 2.45) is 0 Å². The Morgan fingerprint density at radius 3 is 1.83 bits per heavy atom. The summed E-state index contributed by atoms with van der Waals surface area (Å²) in [5, 5.41) is 18.9. The molecule has 0 aliphatic carbocycles. The molecule has 3 aromatic carbocycles. The first-order valence-electron chi connectivity index (χ1n) is 8.75. The van der Waals surface area contributed by atoms with Gasteiger partial charge in [-0.25, -0.2) is 0 Å². The van der Waals surface area contributed by atoms with E-state index in [9.17, 15) is 19.7 Å². The minimum Gasteiger partial charge on any atom is -0.332 e. The Balaban J connectivity index is 1.54. The summed E-state index contributed by atoms with van der Waals surface area (Å²) in [6.45, 7) is 0. The molecule has 0 radical (unpaired) electrons. The van der Waals surface area contributed by atoms with Crippen LogP contribution in [-0.2, 0) is 0 Å². The number of rotatable bonds is 5. The van der Waals surface area contributed by atoms with E-state index in [0.29, 0.717) is 16.9 Å². The van der Waals surface area contributed by atoms with Crippen LogP contribution in [0.25, 0.3) is 0 Å². The lowest BCUT2D eigenvalue weighted by Crippen LogP contribution is -2.34. The normalized spacial score (nSPS) is 10.0. The Bertz CT molecular complexity index is 1080. The molecule has 3 aromatic rings. The lowest BCUT2D eigenvalue weighted by molar-refractivity contribution is -0.384. The molecule has 0 fully saturated rings. The van der Waals surface area contributed by atoms with E-state index in [2.05, 4.69) is 16.0 Å². The summed E-state index contributed by atoms with van der Waals surface area (Å²) in [4.78, 5) is 34.5. The molecule has 3 N–H and O–H groups in total. The summed E-state index contributed by atoms with van der Waals surface area (Å²) in [6.07, 6.45) is 0. The van der Waals surface area contributed by atoms with Gasteiger partial charge in [-0.05, 0) is 60.7 Å². The fourth-order valence-electron chi connectivity index (χ4n) is 2.50. The predicted octanol–water partition coefficient (Wildman–Crippen LogP) is 3.97. The minimum absolute atomic E-state index is 0.0689. The molecule has 0 spiro atoms. The van der Waals surface area contributed by atoms with E-state index in [1.54, 1.807) is 48.5 Å². The minimum atomic E-state index is -0.542. The number of carbonyl (C=O) groups excluding carboxylic acids is 2. The number of benzene rings is 3. The van der Waals surface area contributed by atoms with Gasteiger partial charge in [0, 0.05) is 34.6 Å². The highest BCUT2D eigenvalue weighted by Gasteiger charge is 2.11. The smallest absolute Gasteiger partial charge is 0.269 e. The maximum Gasteiger partial charge on any atom is 0.269 e. The van der Waals surface area contributed by atoms with Gasteiger partial charge in [0.15, 0.2) is 5.11 Å². The maximum absolute atomic E-state index is 12.2. The summed E-state index contributed by atoms with van der Waals surface area (Å²) in [7, 11) is 0. The number of hydrogen-bond donors (Lipinski definition) is 3. The zero-order valence-electron chi connectivity index (χ0n) is 15.5. The van der Waals surface area contributed by atoms with Crippen LogP contribution >= 0.6 is 12.2 Å². The summed E-state index contributed by atoms with van der Waals surface area (Å²) in [6, 6.07) is 20.8. The van der Waals surface area contributed by atoms with Gasteiger partial charge in [-0.1, -0.05) is 18.2 Å². The third kappa shape index (κ3) is 5.46. The van der Waals surface area contributed by atoms with E-state index in [1.165, 1.54) is 24.3 Å². The third-order valence-electron chi connectivity index (χ3n) is 4.00. The fourth-order valence-corrected chi connectivity index (χ4v) is 2.71. The second kappa shape index (κ2) is 9.39. The van der Waals surface area contributed by atoms with Crippen LogP contribution in [0.3, 0.4) is 0 Å². The molecule has 0 saturated heterocycles. The van der Waals surface area contributed by atoms with Gasteiger partial charge in [0.25, 0.3) is 17.5 Å². The second-order valence-corrected chi connectivity index (χ2v) is 6.52. The van der Waals surface area contributed by atoms with Crippen molar-refractivity contribution in [3.63, 3.8) is 0 Å². The molecule has 30 heavy (non-hydrogen) atoms. The number of thiocarbonyl (C=S) groups is 1. The van der Waals surface area contributed by atoms with Gasteiger partial charge in [-0.15, -0.1) is 0 Å². The van der Waals surface area contributed by atoms with Gasteiger partial charge in [0.1, 0.15) is 0 Å². The third-order valence-corrected chi connectivity index (χ3v) is 4.21. The number of nitrogens with zero attached hydrogens (tertiary/aromatic N) is 1. The van der Waals surface area contributed by atoms with E-state index in [1.807, 2.05) is 6.07 Å². The predicted molar refractivity (Wildman–Crippen MR) is 118 cm³/mol. The Kier molecular flexibility index (Phi) is 6.46. The molecule has 2 amide bonds. The van der Waals surface area contributed by atoms with Gasteiger partial charge in [0.2, 0.25) is 0 Å². The summed E-state index contributed by atoms with van der Waals surface area (Å²) < 4.78 is 0. The van der Waals surface area contributed by atoms with Crippen molar-refractivity contribution >= 4 is 46.2 Å². The molecule has 0 aliphatic rings. The maximum atomic E-state index is 12.2. The molecule has 0 bridgehead atoms. The van der Waals surface area contributed by atoms with E-state index < -0.39 is 10.8 Å². The largest absolute Gasteiger partial charge is 0.332 e. The Morgan fingerprint density at radius 2 is 1.27 bits per heavy atom. The van der Waals surface area contributed by atoms with Crippen molar-refractivity contribution in [2.75, 3.05) is 10.6 Å². The number of amides is 2. The van der Waals surface area contributed by atoms with Crippen molar-refractivity contribution in [3.05, 3.63) is 100 Å². The van der Waals surface area contributed by atoms with Crippen molar-refractivity contribution in [1.29, 1.82) is 0 Å². The van der Waals surface area contributed by atoms with Crippen molar-refractivity contribution in [2.45, 2.75) is 0 Å². The van der Waals surface area contributed by atoms with Gasteiger partial charge in [-0.2, -0.15) is 0 Å². The molecule has 0 aliphatic heterocycles. The van der Waals surface area contributed by atoms with Crippen molar-refractivity contribution in [3.8, 4) is 0 Å². The molecule has 8 nitrogen and oxygen atoms in total. The van der Waals surface area contributed by atoms with E-state index in [-0.39, 0.29) is 22.3 Å².